The van der Waals surface area contributed by atoms with Crippen molar-refractivity contribution in [2.24, 2.45) is 0 Å². The Hall–Kier alpha value is -0.543. The zero-order chi connectivity index (χ0) is 8.69. The van der Waals surface area contributed by atoms with Crippen LogP contribution in [0, 0.1) is 0 Å². The fourth-order valence-corrected chi connectivity index (χ4v) is 0.919. The molecule has 2 N–H and O–H groups in total. The van der Waals surface area contributed by atoms with E-state index < -0.39 is 8.25 Å². The summed E-state index contributed by atoms with van der Waals surface area (Å²) in [6.07, 6.45) is 0. The molecule has 1 aromatic carbocycles. The van der Waals surface area contributed by atoms with E-state index in [1.807, 2.05) is 6.07 Å². The lowest BCUT2D eigenvalue weighted by Gasteiger charge is -1.82. The van der Waals surface area contributed by atoms with Gasteiger partial charge in [0.15, 0.2) is 0 Å². The largest absolute Gasteiger partial charge is 0.692 e. The van der Waals surface area contributed by atoms with Gasteiger partial charge in [-0.2, -0.15) is 0 Å². The smallest absolute Gasteiger partial charge is 0.134 e. The van der Waals surface area contributed by atoms with Gasteiger partial charge in [-0.15, -0.1) is 9.79 Å². The highest BCUT2D eigenvalue weighted by Gasteiger charge is 1.93. The quantitative estimate of drug-likeness (QED) is 0.419. The lowest BCUT2D eigenvalue weighted by atomic mass is 10.4. The fourth-order valence-electron chi connectivity index (χ4n) is 0.534. The minimum absolute atomic E-state index is 1.17. The summed E-state index contributed by atoms with van der Waals surface area (Å²) >= 11 is 0. The SMILES string of the molecule is O=[P+](O)O.[SiH3]c1ccccc1. The normalized spacial score (nSPS) is 8.18. The van der Waals surface area contributed by atoms with Gasteiger partial charge in [0.2, 0.25) is 0 Å². The zero-order valence-electron chi connectivity index (χ0n) is 6.14. The molecule has 0 bridgehead atoms. The second-order valence-corrected chi connectivity index (χ2v) is 3.57. The molecule has 0 fully saturated rings. The van der Waals surface area contributed by atoms with Gasteiger partial charge in [-0.25, -0.2) is 0 Å². The van der Waals surface area contributed by atoms with E-state index in [4.69, 9.17) is 14.4 Å². The lowest BCUT2D eigenvalue weighted by Crippen LogP contribution is -1.97. The average molecular weight is 189 g/mol. The third-order valence-electron chi connectivity index (χ3n) is 0.940. The highest BCUT2D eigenvalue weighted by atomic mass is 31.1. The van der Waals surface area contributed by atoms with Gasteiger partial charge in [-0.05, 0) is 0 Å². The summed E-state index contributed by atoms with van der Waals surface area (Å²) in [7, 11) is -1.70. The monoisotopic (exact) mass is 189 g/mol. The third-order valence-corrected chi connectivity index (χ3v) is 1.61. The standard InChI is InChI=1S/C6H8Si.HO3P/c7-6-4-2-1-3-5-6;1-4(2)3/h1-5H,7H3;(H-,1,2,3)/p+1. The fraction of sp³-hybridized carbons (Fsp3) is 0. The molecule has 0 unspecified atom stereocenters. The van der Waals surface area contributed by atoms with Crippen LogP contribution in [0.3, 0.4) is 0 Å². The van der Waals surface area contributed by atoms with E-state index in [1.165, 1.54) is 15.4 Å². The predicted molar refractivity (Wildman–Crippen MR) is 48.1 cm³/mol. The second kappa shape index (κ2) is 6.19. The summed E-state index contributed by atoms with van der Waals surface area (Å²) in [5, 5.41) is 1.46. The lowest BCUT2D eigenvalue weighted by molar-refractivity contribution is 0.405. The van der Waals surface area contributed by atoms with Crippen LogP contribution < -0.4 is 5.19 Å². The van der Waals surface area contributed by atoms with Crippen molar-refractivity contribution in [1.29, 1.82) is 0 Å². The molecule has 0 aliphatic rings. The van der Waals surface area contributed by atoms with Crippen LogP contribution in [0.25, 0.3) is 0 Å². The summed E-state index contributed by atoms with van der Waals surface area (Å²) < 4.78 is 8.70. The van der Waals surface area contributed by atoms with Crippen molar-refractivity contribution >= 4 is 23.7 Å². The molecule has 1 rings (SSSR count). The summed E-state index contributed by atoms with van der Waals surface area (Å²) in [6, 6.07) is 10.5. The van der Waals surface area contributed by atoms with Gasteiger partial charge in [-0.3, -0.25) is 0 Å². The van der Waals surface area contributed by atoms with Crippen LogP contribution >= 0.6 is 8.25 Å². The summed E-state index contributed by atoms with van der Waals surface area (Å²) in [5.74, 6) is 0. The summed E-state index contributed by atoms with van der Waals surface area (Å²) in [4.78, 5) is 14.2. The van der Waals surface area contributed by atoms with Gasteiger partial charge in [0.25, 0.3) is 0 Å². The van der Waals surface area contributed by atoms with E-state index >= 15 is 0 Å². The number of rotatable bonds is 0. The molecular formula is C6H10O3PSi+. The Morgan fingerprint density at radius 3 is 1.73 bits per heavy atom. The Bertz CT molecular complexity index is 210. The van der Waals surface area contributed by atoms with Crippen LogP contribution in [0.1, 0.15) is 0 Å². The highest BCUT2D eigenvalue weighted by Crippen LogP contribution is 1.98. The topological polar surface area (TPSA) is 57.5 Å². The van der Waals surface area contributed by atoms with Crippen molar-refractivity contribution in [2.45, 2.75) is 0 Å². The molecule has 0 amide bonds. The minimum Gasteiger partial charge on any atom is -0.134 e. The van der Waals surface area contributed by atoms with E-state index in [1.54, 1.807) is 0 Å². The average Bonchev–Trinajstić information content (AvgIpc) is 1.87. The van der Waals surface area contributed by atoms with E-state index in [0.717, 1.165) is 0 Å². The van der Waals surface area contributed by atoms with Crippen molar-refractivity contribution in [3.8, 4) is 0 Å². The number of hydrogen-bond donors (Lipinski definition) is 2. The van der Waals surface area contributed by atoms with Gasteiger partial charge < -0.3 is 0 Å². The van der Waals surface area contributed by atoms with Crippen LogP contribution in [-0.4, -0.2) is 20.0 Å². The first-order chi connectivity index (χ1) is 5.13. The predicted octanol–water partition coefficient (Wildman–Crippen LogP) is -0.694. The maximum Gasteiger partial charge on any atom is 0.692 e. The zero-order valence-corrected chi connectivity index (χ0v) is 9.03. The second-order valence-electron chi connectivity index (χ2n) is 1.91. The Morgan fingerprint density at radius 2 is 1.55 bits per heavy atom. The van der Waals surface area contributed by atoms with Gasteiger partial charge in [-0.1, -0.05) is 35.5 Å². The molecule has 3 nitrogen and oxygen atoms in total. The Morgan fingerprint density at radius 1 is 1.18 bits per heavy atom. The summed E-state index contributed by atoms with van der Waals surface area (Å²) in [5.41, 5.74) is 0. The van der Waals surface area contributed by atoms with Crippen molar-refractivity contribution in [3.63, 3.8) is 0 Å². The number of benzene rings is 1. The van der Waals surface area contributed by atoms with Gasteiger partial charge >= 0.3 is 8.25 Å². The van der Waals surface area contributed by atoms with Gasteiger partial charge in [0.1, 0.15) is 0 Å². The van der Waals surface area contributed by atoms with E-state index in [0.29, 0.717) is 0 Å². The van der Waals surface area contributed by atoms with E-state index in [9.17, 15) is 0 Å². The molecule has 1 aromatic rings. The van der Waals surface area contributed by atoms with Crippen molar-refractivity contribution in [1.82, 2.24) is 0 Å². The molecule has 0 aliphatic heterocycles. The molecule has 0 atom stereocenters. The van der Waals surface area contributed by atoms with Crippen LogP contribution in [-0.2, 0) is 4.57 Å². The first-order valence-electron chi connectivity index (χ1n) is 2.99. The molecular weight excluding hydrogens is 179 g/mol. The van der Waals surface area contributed by atoms with Crippen LogP contribution in [0.4, 0.5) is 0 Å². The van der Waals surface area contributed by atoms with Crippen molar-refractivity contribution < 1.29 is 14.4 Å². The van der Waals surface area contributed by atoms with Crippen LogP contribution in [0.2, 0.25) is 0 Å². The van der Waals surface area contributed by atoms with Crippen molar-refractivity contribution in [3.05, 3.63) is 30.3 Å². The van der Waals surface area contributed by atoms with Crippen LogP contribution in [0.15, 0.2) is 30.3 Å². The molecule has 0 radical (unpaired) electrons. The Balaban J connectivity index is 0.000000218. The summed E-state index contributed by atoms with van der Waals surface area (Å²) in [6.45, 7) is 0. The van der Waals surface area contributed by atoms with Gasteiger partial charge in [0.05, 0.1) is 0 Å². The first kappa shape index (κ1) is 10.5. The van der Waals surface area contributed by atoms with E-state index in [-0.39, 0.29) is 0 Å². The highest BCUT2D eigenvalue weighted by molar-refractivity contribution is 7.30. The van der Waals surface area contributed by atoms with E-state index in [2.05, 4.69) is 24.3 Å². The molecule has 0 aromatic heterocycles. The van der Waals surface area contributed by atoms with Crippen LogP contribution in [0.5, 0.6) is 0 Å². The Kier molecular flexibility index (Phi) is 5.88. The maximum absolute atomic E-state index is 8.70. The molecule has 0 aliphatic carbocycles. The molecule has 60 valence electrons. The molecule has 0 saturated carbocycles. The van der Waals surface area contributed by atoms with Crippen molar-refractivity contribution in [2.75, 3.05) is 0 Å². The molecule has 0 spiro atoms. The number of hydrogen-bond acceptors (Lipinski definition) is 1. The first-order valence-corrected chi connectivity index (χ1v) is 5.16. The van der Waals surface area contributed by atoms with Gasteiger partial charge in [0, 0.05) is 14.8 Å². The molecule has 11 heavy (non-hydrogen) atoms. The molecule has 0 saturated heterocycles. The minimum atomic E-state index is -2.87. The third kappa shape index (κ3) is 9.46. The maximum atomic E-state index is 8.70. The Labute approximate surface area is 69.1 Å². The molecule has 5 heteroatoms. The molecule has 0 heterocycles.